The minimum absolute atomic E-state index is 0.00817. The largest absolute Gasteiger partial charge is 0.465 e. The summed E-state index contributed by atoms with van der Waals surface area (Å²) in [6.07, 6.45) is 4.25. The van der Waals surface area contributed by atoms with Gasteiger partial charge in [0.2, 0.25) is 0 Å². The second-order valence-corrected chi connectivity index (χ2v) is 4.13. The van der Waals surface area contributed by atoms with Crippen LogP contribution in [0.4, 0.5) is 0 Å². The van der Waals surface area contributed by atoms with E-state index < -0.39 is 0 Å². The second kappa shape index (κ2) is 5.84. The first kappa shape index (κ1) is 13.2. The van der Waals surface area contributed by atoms with Crippen molar-refractivity contribution in [2.45, 2.75) is 47.5 Å². The zero-order valence-corrected chi connectivity index (χ0v) is 10.0. The lowest BCUT2D eigenvalue weighted by molar-refractivity contribution is -0.143. The van der Waals surface area contributed by atoms with E-state index in [1.54, 1.807) is 0 Å². The fraction of sp³-hybridized carbons (Fsp3) is 0.750. The van der Waals surface area contributed by atoms with Gasteiger partial charge in [0.25, 0.3) is 0 Å². The lowest BCUT2D eigenvalue weighted by Gasteiger charge is -2.24. The van der Waals surface area contributed by atoms with E-state index in [2.05, 4.69) is 33.8 Å². The molecule has 0 N–H and O–H groups in total. The van der Waals surface area contributed by atoms with E-state index in [0.29, 0.717) is 6.61 Å². The number of allylic oxidation sites excluding steroid dienone is 1. The van der Waals surface area contributed by atoms with Crippen LogP contribution in [0.25, 0.3) is 0 Å². The molecule has 1 atom stereocenters. The molecule has 0 spiro atoms. The average Bonchev–Trinajstić information content (AvgIpc) is 2.14. The molecule has 0 heterocycles. The first-order chi connectivity index (χ1) is 6.43. The number of ether oxygens (including phenoxy) is 1. The Morgan fingerprint density at radius 2 is 1.93 bits per heavy atom. The molecule has 0 aliphatic heterocycles. The van der Waals surface area contributed by atoms with Crippen molar-refractivity contribution in [2.24, 2.45) is 5.41 Å². The van der Waals surface area contributed by atoms with Gasteiger partial charge in [0.05, 0.1) is 0 Å². The van der Waals surface area contributed by atoms with Crippen molar-refractivity contribution >= 4 is 5.97 Å². The Morgan fingerprint density at radius 3 is 2.29 bits per heavy atom. The lowest BCUT2D eigenvalue weighted by atomic mass is 9.86. The van der Waals surface area contributed by atoms with Crippen molar-refractivity contribution in [3.63, 3.8) is 0 Å². The molecule has 0 aromatic heterocycles. The fourth-order valence-electron chi connectivity index (χ4n) is 1.21. The van der Waals surface area contributed by atoms with Crippen molar-refractivity contribution < 1.29 is 9.53 Å². The van der Waals surface area contributed by atoms with Crippen LogP contribution in [0.2, 0.25) is 0 Å². The molecule has 0 saturated carbocycles. The van der Waals surface area contributed by atoms with Crippen LogP contribution in [-0.4, -0.2) is 12.6 Å². The maximum absolute atomic E-state index is 10.7. The van der Waals surface area contributed by atoms with Gasteiger partial charge in [-0.2, -0.15) is 0 Å². The van der Waals surface area contributed by atoms with Crippen molar-refractivity contribution in [2.75, 3.05) is 6.61 Å². The number of hydrogen-bond donors (Lipinski definition) is 0. The SMILES string of the molecule is CC/C(C)=C/C(C)(CC)COC(C)=O. The highest BCUT2D eigenvalue weighted by Gasteiger charge is 2.20. The predicted molar refractivity (Wildman–Crippen MR) is 59.1 cm³/mol. The smallest absolute Gasteiger partial charge is 0.302 e. The third kappa shape index (κ3) is 5.05. The van der Waals surface area contributed by atoms with Crippen molar-refractivity contribution in [1.82, 2.24) is 0 Å². The molecule has 82 valence electrons. The Bertz CT molecular complexity index is 218. The zero-order chi connectivity index (χ0) is 11.2. The van der Waals surface area contributed by atoms with Crippen LogP contribution in [0.1, 0.15) is 47.5 Å². The molecule has 0 aliphatic rings. The number of carbonyl (C=O) groups excluding carboxylic acids is 1. The quantitative estimate of drug-likeness (QED) is 0.500. The minimum Gasteiger partial charge on any atom is -0.465 e. The highest BCUT2D eigenvalue weighted by molar-refractivity contribution is 5.65. The summed E-state index contributed by atoms with van der Waals surface area (Å²) in [5, 5.41) is 0. The van der Waals surface area contributed by atoms with Crippen molar-refractivity contribution in [3.8, 4) is 0 Å². The summed E-state index contributed by atoms with van der Waals surface area (Å²) in [4.78, 5) is 10.7. The highest BCUT2D eigenvalue weighted by Crippen LogP contribution is 2.25. The number of carbonyl (C=O) groups is 1. The summed E-state index contributed by atoms with van der Waals surface area (Å²) >= 11 is 0. The van der Waals surface area contributed by atoms with Gasteiger partial charge in [0.1, 0.15) is 6.61 Å². The third-order valence-corrected chi connectivity index (χ3v) is 2.57. The number of esters is 1. The monoisotopic (exact) mass is 198 g/mol. The van der Waals surface area contributed by atoms with E-state index in [9.17, 15) is 4.79 Å². The van der Waals surface area contributed by atoms with Crippen molar-refractivity contribution in [1.29, 1.82) is 0 Å². The summed E-state index contributed by atoms with van der Waals surface area (Å²) in [6.45, 7) is 10.4. The summed E-state index contributed by atoms with van der Waals surface area (Å²) in [5.74, 6) is -0.202. The fourth-order valence-corrected chi connectivity index (χ4v) is 1.21. The normalized spacial score (nSPS) is 16.2. The molecule has 2 heteroatoms. The van der Waals surface area contributed by atoms with Crippen LogP contribution in [0, 0.1) is 5.41 Å². The number of rotatable bonds is 5. The Hall–Kier alpha value is -0.790. The van der Waals surface area contributed by atoms with Crippen LogP contribution in [0.5, 0.6) is 0 Å². The molecule has 14 heavy (non-hydrogen) atoms. The third-order valence-electron chi connectivity index (χ3n) is 2.57. The molecule has 0 aromatic rings. The van der Waals surface area contributed by atoms with E-state index in [4.69, 9.17) is 4.74 Å². The van der Waals surface area contributed by atoms with E-state index in [0.717, 1.165) is 12.8 Å². The Balaban J connectivity index is 4.39. The van der Waals surface area contributed by atoms with E-state index >= 15 is 0 Å². The minimum atomic E-state index is -0.202. The second-order valence-electron chi connectivity index (χ2n) is 4.13. The van der Waals surface area contributed by atoms with Gasteiger partial charge in [-0.05, 0) is 19.8 Å². The van der Waals surface area contributed by atoms with Crippen LogP contribution in [0.15, 0.2) is 11.6 Å². The summed E-state index contributed by atoms with van der Waals surface area (Å²) in [5.41, 5.74) is 1.34. The summed E-state index contributed by atoms with van der Waals surface area (Å²) in [7, 11) is 0. The summed E-state index contributed by atoms with van der Waals surface area (Å²) < 4.78 is 5.06. The molecule has 0 amide bonds. The maximum atomic E-state index is 10.7. The van der Waals surface area contributed by atoms with Gasteiger partial charge in [-0.15, -0.1) is 0 Å². The van der Waals surface area contributed by atoms with Gasteiger partial charge < -0.3 is 4.74 Å². The van der Waals surface area contributed by atoms with Crippen LogP contribution in [0.3, 0.4) is 0 Å². The molecule has 0 aromatic carbocycles. The average molecular weight is 198 g/mol. The van der Waals surface area contributed by atoms with Gasteiger partial charge in [0, 0.05) is 12.3 Å². The molecular weight excluding hydrogens is 176 g/mol. The van der Waals surface area contributed by atoms with Gasteiger partial charge in [-0.1, -0.05) is 32.4 Å². The molecule has 1 unspecified atom stereocenters. The molecule has 0 rings (SSSR count). The van der Waals surface area contributed by atoms with Gasteiger partial charge in [-0.3, -0.25) is 4.79 Å². The first-order valence-electron chi connectivity index (χ1n) is 5.25. The standard InChI is InChI=1S/C12H22O2/c1-6-10(3)8-12(5,7-2)9-14-11(4)13/h8H,6-7,9H2,1-5H3/b10-8+. The van der Waals surface area contributed by atoms with Gasteiger partial charge in [0.15, 0.2) is 0 Å². The van der Waals surface area contributed by atoms with E-state index in [1.165, 1.54) is 12.5 Å². The Morgan fingerprint density at radius 1 is 1.36 bits per heavy atom. The Kier molecular flexibility index (Phi) is 5.51. The molecule has 0 bridgehead atoms. The van der Waals surface area contributed by atoms with E-state index in [1.807, 2.05) is 0 Å². The first-order valence-corrected chi connectivity index (χ1v) is 5.25. The number of hydrogen-bond acceptors (Lipinski definition) is 2. The van der Waals surface area contributed by atoms with Crippen LogP contribution >= 0.6 is 0 Å². The zero-order valence-electron chi connectivity index (χ0n) is 10.0. The summed E-state index contributed by atoms with van der Waals surface area (Å²) in [6, 6.07) is 0. The van der Waals surface area contributed by atoms with Crippen LogP contribution < -0.4 is 0 Å². The molecule has 0 saturated heterocycles. The van der Waals surface area contributed by atoms with E-state index in [-0.39, 0.29) is 11.4 Å². The molecule has 0 radical (unpaired) electrons. The molecule has 0 aliphatic carbocycles. The molecule has 2 nitrogen and oxygen atoms in total. The lowest BCUT2D eigenvalue weighted by Crippen LogP contribution is -2.22. The highest BCUT2D eigenvalue weighted by atomic mass is 16.5. The van der Waals surface area contributed by atoms with Gasteiger partial charge in [-0.25, -0.2) is 0 Å². The molecular formula is C12H22O2. The van der Waals surface area contributed by atoms with Gasteiger partial charge >= 0.3 is 5.97 Å². The maximum Gasteiger partial charge on any atom is 0.302 e. The van der Waals surface area contributed by atoms with Crippen molar-refractivity contribution in [3.05, 3.63) is 11.6 Å². The topological polar surface area (TPSA) is 26.3 Å². The Labute approximate surface area is 87.3 Å². The van der Waals surface area contributed by atoms with Crippen LogP contribution in [-0.2, 0) is 9.53 Å². The predicted octanol–water partition coefficient (Wildman–Crippen LogP) is 3.32. The molecule has 0 fully saturated rings.